The summed E-state index contributed by atoms with van der Waals surface area (Å²) in [6.07, 6.45) is -0.0919. The molecular weight excluding hydrogens is 603 g/mol. The first-order chi connectivity index (χ1) is 19.9. The molecule has 1 saturated heterocycles. The van der Waals surface area contributed by atoms with E-state index in [0.717, 1.165) is 0 Å². The van der Waals surface area contributed by atoms with Crippen LogP contribution in [0.25, 0.3) is 0 Å². The minimum Gasteiger partial charge on any atom is -0.496 e. The SMILES string of the molecule is CCOC(=O)C(C)(C)Oc1ccc(Cl)cc1[C@H]1CC(=O)N[C@@H](c2cc(Cl)ccc2OC)[C@]12C(=O)Nc1cc(Cl)ccc12. The lowest BCUT2D eigenvalue weighted by Gasteiger charge is -2.47. The standard InChI is InChI=1S/C31H29Cl3N2O6/c1-5-41-29(39)30(2,3)42-25-11-8-16(32)12-19(25)22-15-26(37)36-27(20-13-17(33)7-10-24(20)40-4)31(22)21-9-6-18(34)14-23(21)35-28(31)38/h6-14,22,27H,5,15H2,1-4H3,(H,35,38)(H,36,37)/t22-,27+,31-/m1/s1. The van der Waals surface area contributed by atoms with Gasteiger partial charge in [-0.05, 0) is 74.9 Å². The van der Waals surface area contributed by atoms with Gasteiger partial charge in [-0.1, -0.05) is 40.9 Å². The molecule has 11 heteroatoms. The van der Waals surface area contributed by atoms with Gasteiger partial charge in [-0.15, -0.1) is 0 Å². The van der Waals surface area contributed by atoms with Crippen LogP contribution in [0.15, 0.2) is 54.6 Å². The molecule has 2 heterocycles. The van der Waals surface area contributed by atoms with Gasteiger partial charge in [0.15, 0.2) is 5.60 Å². The van der Waals surface area contributed by atoms with Crippen molar-refractivity contribution in [2.24, 2.45) is 0 Å². The molecule has 3 atom stereocenters. The zero-order valence-corrected chi connectivity index (χ0v) is 25.6. The van der Waals surface area contributed by atoms with Crippen molar-refractivity contribution in [1.82, 2.24) is 5.32 Å². The van der Waals surface area contributed by atoms with Crippen LogP contribution in [0, 0.1) is 0 Å². The molecule has 42 heavy (non-hydrogen) atoms. The Hall–Kier alpha value is -3.46. The summed E-state index contributed by atoms with van der Waals surface area (Å²) >= 11 is 19.3. The van der Waals surface area contributed by atoms with Crippen LogP contribution in [0.2, 0.25) is 15.1 Å². The van der Waals surface area contributed by atoms with Crippen molar-refractivity contribution in [2.45, 2.75) is 50.2 Å². The molecule has 1 spiro atoms. The van der Waals surface area contributed by atoms with Crippen molar-refractivity contribution in [3.8, 4) is 11.5 Å². The van der Waals surface area contributed by atoms with E-state index in [2.05, 4.69) is 10.6 Å². The number of halogens is 3. The summed E-state index contributed by atoms with van der Waals surface area (Å²) < 4.78 is 17.2. The molecule has 3 aromatic rings. The summed E-state index contributed by atoms with van der Waals surface area (Å²) in [5, 5.41) is 7.23. The average molecular weight is 632 g/mol. The van der Waals surface area contributed by atoms with Gasteiger partial charge >= 0.3 is 5.97 Å². The van der Waals surface area contributed by atoms with E-state index in [9.17, 15) is 14.4 Å². The number of nitrogens with one attached hydrogen (secondary N) is 2. The first kappa shape index (κ1) is 30.0. The first-order valence-electron chi connectivity index (χ1n) is 13.3. The van der Waals surface area contributed by atoms with Crippen LogP contribution in [0.4, 0.5) is 5.69 Å². The summed E-state index contributed by atoms with van der Waals surface area (Å²) in [4.78, 5) is 40.7. The Bertz CT molecular complexity index is 1590. The monoisotopic (exact) mass is 630 g/mol. The lowest BCUT2D eigenvalue weighted by molar-refractivity contribution is -0.158. The molecule has 0 saturated carbocycles. The van der Waals surface area contributed by atoms with Gasteiger partial charge in [0, 0.05) is 44.2 Å². The van der Waals surface area contributed by atoms with E-state index in [4.69, 9.17) is 49.0 Å². The number of piperidine rings is 1. The molecule has 8 nitrogen and oxygen atoms in total. The van der Waals surface area contributed by atoms with Crippen molar-refractivity contribution in [3.05, 3.63) is 86.4 Å². The Kier molecular flexibility index (Phi) is 8.09. The summed E-state index contributed by atoms with van der Waals surface area (Å²) in [6, 6.07) is 14.2. The van der Waals surface area contributed by atoms with Crippen molar-refractivity contribution in [2.75, 3.05) is 19.0 Å². The molecule has 0 radical (unpaired) electrons. The summed E-state index contributed by atoms with van der Waals surface area (Å²) in [7, 11) is 1.50. The van der Waals surface area contributed by atoms with Gasteiger partial charge in [0.2, 0.25) is 11.8 Å². The quantitative estimate of drug-likeness (QED) is 0.285. The highest BCUT2D eigenvalue weighted by Crippen LogP contribution is 2.60. The van der Waals surface area contributed by atoms with E-state index in [0.29, 0.717) is 43.2 Å². The van der Waals surface area contributed by atoms with Crippen LogP contribution in [-0.2, 0) is 24.5 Å². The fourth-order valence-electron chi connectivity index (χ4n) is 5.96. The molecule has 3 aromatic carbocycles. The Balaban J connectivity index is 1.79. The van der Waals surface area contributed by atoms with Gasteiger partial charge in [0.05, 0.1) is 19.8 Å². The predicted molar refractivity (Wildman–Crippen MR) is 161 cm³/mol. The topological polar surface area (TPSA) is 103 Å². The molecule has 2 amide bonds. The molecule has 2 aliphatic rings. The number of amides is 2. The van der Waals surface area contributed by atoms with Crippen molar-refractivity contribution in [3.63, 3.8) is 0 Å². The number of anilines is 1. The van der Waals surface area contributed by atoms with E-state index >= 15 is 0 Å². The van der Waals surface area contributed by atoms with E-state index in [1.807, 2.05) is 0 Å². The number of hydrogen-bond acceptors (Lipinski definition) is 6. The lowest BCUT2D eigenvalue weighted by Crippen LogP contribution is -2.57. The molecule has 0 aliphatic carbocycles. The van der Waals surface area contributed by atoms with Gasteiger partial charge in [0.25, 0.3) is 0 Å². The number of rotatable bonds is 7. The minimum absolute atomic E-state index is 0.0919. The maximum Gasteiger partial charge on any atom is 0.349 e. The van der Waals surface area contributed by atoms with Crippen LogP contribution in [-0.4, -0.2) is 37.1 Å². The Labute approximate surface area is 258 Å². The Morgan fingerprint density at radius 2 is 1.57 bits per heavy atom. The second-order valence-electron chi connectivity index (χ2n) is 10.7. The highest BCUT2D eigenvalue weighted by Gasteiger charge is 2.62. The van der Waals surface area contributed by atoms with Gasteiger partial charge in [-0.25, -0.2) is 4.79 Å². The zero-order valence-electron chi connectivity index (χ0n) is 23.3. The number of methoxy groups -OCH3 is 1. The zero-order chi connectivity index (χ0) is 30.4. The van der Waals surface area contributed by atoms with Gasteiger partial charge in [-0.3, -0.25) is 9.59 Å². The molecule has 2 N–H and O–H groups in total. The predicted octanol–water partition coefficient (Wildman–Crippen LogP) is 6.61. The fourth-order valence-corrected chi connectivity index (χ4v) is 6.49. The summed E-state index contributed by atoms with van der Waals surface area (Å²) in [5.41, 5.74) is -0.707. The third-order valence-corrected chi connectivity index (χ3v) is 8.44. The van der Waals surface area contributed by atoms with Crippen LogP contribution in [0.1, 0.15) is 55.8 Å². The second kappa shape index (κ2) is 11.3. The molecule has 220 valence electrons. The van der Waals surface area contributed by atoms with Gasteiger partial charge in [-0.2, -0.15) is 0 Å². The van der Waals surface area contributed by atoms with Gasteiger partial charge in [0.1, 0.15) is 16.9 Å². The highest BCUT2D eigenvalue weighted by atomic mass is 35.5. The third kappa shape index (κ3) is 5.06. The summed E-state index contributed by atoms with van der Waals surface area (Å²) in [6.45, 7) is 5.06. The normalized spacial score (nSPS) is 21.4. The molecule has 0 bridgehead atoms. The van der Waals surface area contributed by atoms with E-state index < -0.39 is 28.9 Å². The van der Waals surface area contributed by atoms with E-state index in [-0.39, 0.29) is 30.6 Å². The number of benzene rings is 3. The van der Waals surface area contributed by atoms with E-state index in [1.165, 1.54) is 7.11 Å². The first-order valence-corrected chi connectivity index (χ1v) is 14.5. The molecule has 0 aromatic heterocycles. The smallest absolute Gasteiger partial charge is 0.349 e. The van der Waals surface area contributed by atoms with Crippen LogP contribution in [0.3, 0.4) is 0 Å². The molecule has 0 unspecified atom stereocenters. The molecular formula is C31H29Cl3N2O6. The maximum absolute atomic E-state index is 14.4. The number of esters is 1. The average Bonchev–Trinajstić information content (AvgIpc) is 3.21. The lowest BCUT2D eigenvalue weighted by atomic mass is 9.59. The second-order valence-corrected chi connectivity index (χ2v) is 12.0. The Morgan fingerprint density at radius 3 is 2.24 bits per heavy atom. The summed E-state index contributed by atoms with van der Waals surface area (Å²) in [5.74, 6) is -1.35. The van der Waals surface area contributed by atoms with Crippen LogP contribution in [0.5, 0.6) is 11.5 Å². The van der Waals surface area contributed by atoms with Crippen LogP contribution < -0.4 is 20.1 Å². The van der Waals surface area contributed by atoms with Crippen LogP contribution >= 0.6 is 34.8 Å². The largest absolute Gasteiger partial charge is 0.496 e. The number of hydrogen-bond donors (Lipinski definition) is 2. The maximum atomic E-state index is 14.4. The number of fused-ring (bicyclic) bond motifs is 2. The fraction of sp³-hybridized carbons (Fsp3) is 0.323. The third-order valence-electron chi connectivity index (χ3n) is 7.73. The number of ether oxygens (including phenoxy) is 3. The van der Waals surface area contributed by atoms with Crippen molar-refractivity contribution < 1.29 is 28.6 Å². The molecule has 2 aliphatic heterocycles. The van der Waals surface area contributed by atoms with Gasteiger partial charge < -0.3 is 24.8 Å². The van der Waals surface area contributed by atoms with E-state index in [1.54, 1.807) is 75.4 Å². The van der Waals surface area contributed by atoms with Crippen molar-refractivity contribution in [1.29, 1.82) is 0 Å². The highest BCUT2D eigenvalue weighted by molar-refractivity contribution is 6.31. The number of carbonyl (C=O) groups is 3. The molecule has 1 fully saturated rings. The molecule has 5 rings (SSSR count). The van der Waals surface area contributed by atoms with Crippen molar-refractivity contribution >= 4 is 58.3 Å². The Morgan fingerprint density at radius 1 is 0.952 bits per heavy atom. The minimum atomic E-state index is -1.43. The number of carbonyl (C=O) groups excluding carboxylic acids is 3.